The summed E-state index contributed by atoms with van der Waals surface area (Å²) in [5, 5.41) is 9.67. The lowest BCUT2D eigenvalue weighted by Gasteiger charge is -2.18. The Kier molecular flexibility index (Phi) is 6.34. The summed E-state index contributed by atoms with van der Waals surface area (Å²) in [6.07, 6.45) is 2.44. The number of methoxy groups -OCH3 is 1. The Hall–Kier alpha value is -3.05. The molecule has 0 bridgehead atoms. The first kappa shape index (κ1) is 24.1. The summed E-state index contributed by atoms with van der Waals surface area (Å²) in [4.78, 5) is 25.8. The van der Waals surface area contributed by atoms with Gasteiger partial charge in [0.25, 0.3) is 0 Å². The average molecular weight is 504 g/mol. The lowest BCUT2D eigenvalue weighted by atomic mass is 9.87. The van der Waals surface area contributed by atoms with Crippen LogP contribution >= 0.6 is 11.3 Å². The van der Waals surface area contributed by atoms with Gasteiger partial charge in [0, 0.05) is 10.4 Å². The van der Waals surface area contributed by atoms with Crippen molar-refractivity contribution in [3.05, 3.63) is 45.8 Å². The maximum absolute atomic E-state index is 12.7. The van der Waals surface area contributed by atoms with Crippen molar-refractivity contribution in [1.82, 2.24) is 10.2 Å². The van der Waals surface area contributed by atoms with Crippen LogP contribution in [-0.4, -0.2) is 43.4 Å². The van der Waals surface area contributed by atoms with Gasteiger partial charge in [-0.05, 0) is 47.9 Å². The second-order valence-corrected chi connectivity index (χ2v) is 12.0. The molecule has 0 spiro atoms. The number of ether oxygens (including phenoxy) is 1. The van der Waals surface area contributed by atoms with Gasteiger partial charge >= 0.3 is 11.2 Å². The smallest absolute Gasteiger partial charge is 0.341 e. The number of aryl methyl sites for hydroxylation is 1. The fraction of sp³-hybridized carbons (Fsp3) is 0.391. The van der Waals surface area contributed by atoms with Gasteiger partial charge in [0.1, 0.15) is 10.8 Å². The number of thiophene rings is 1. The van der Waals surface area contributed by atoms with Gasteiger partial charge in [-0.15, -0.1) is 16.4 Å². The molecule has 34 heavy (non-hydrogen) atoms. The van der Waals surface area contributed by atoms with E-state index in [0.29, 0.717) is 22.5 Å². The van der Waals surface area contributed by atoms with Crippen LogP contribution in [0.1, 0.15) is 53.6 Å². The zero-order chi connectivity index (χ0) is 24.7. The number of benzene rings is 1. The Labute approximate surface area is 201 Å². The Morgan fingerprint density at radius 3 is 2.50 bits per heavy atom. The quantitative estimate of drug-likeness (QED) is 0.503. The summed E-state index contributed by atoms with van der Waals surface area (Å²) < 4.78 is 35.7. The number of sulfone groups is 1. The Balaban J connectivity index is 1.50. The molecule has 2 aromatic heterocycles. The van der Waals surface area contributed by atoms with E-state index < -0.39 is 32.7 Å². The van der Waals surface area contributed by atoms with E-state index in [0.717, 1.165) is 28.8 Å². The molecule has 0 saturated carbocycles. The number of hydrogen-bond donors (Lipinski definition) is 1. The third-order valence-corrected chi connectivity index (χ3v) is 8.10. The molecule has 1 aromatic carbocycles. The summed E-state index contributed by atoms with van der Waals surface area (Å²) in [7, 11) is -2.93. The highest BCUT2D eigenvalue weighted by atomic mass is 32.2. The minimum atomic E-state index is -4.20. The molecule has 0 atom stereocenters. The van der Waals surface area contributed by atoms with Crippen molar-refractivity contribution >= 4 is 38.1 Å². The molecular formula is C23H25N3O6S2. The van der Waals surface area contributed by atoms with E-state index in [9.17, 15) is 18.0 Å². The van der Waals surface area contributed by atoms with E-state index in [4.69, 9.17) is 9.15 Å². The van der Waals surface area contributed by atoms with E-state index in [1.54, 1.807) is 12.1 Å². The number of rotatable bonds is 6. The molecule has 1 N–H and O–H groups in total. The second kappa shape index (κ2) is 8.95. The van der Waals surface area contributed by atoms with Gasteiger partial charge in [0.05, 0.1) is 12.7 Å². The first-order chi connectivity index (χ1) is 16.0. The fourth-order valence-corrected chi connectivity index (χ4v) is 5.98. The highest BCUT2D eigenvalue weighted by molar-refractivity contribution is 7.91. The van der Waals surface area contributed by atoms with Crippen LogP contribution in [0.4, 0.5) is 5.00 Å². The number of carbonyl (C=O) groups is 2. The molecule has 0 fully saturated rings. The molecule has 11 heteroatoms. The van der Waals surface area contributed by atoms with Crippen molar-refractivity contribution in [2.45, 2.75) is 50.7 Å². The minimum absolute atomic E-state index is 0.0360. The largest absolute Gasteiger partial charge is 0.465 e. The standard InChI is InChI=1S/C23H25N3O6S2/c1-23(2,3)14-10-8-13(9-11-14)19-25-26-22(32-19)34(29,30)12-17(27)24-20-18(21(28)31-4)15-6-5-7-16(15)33-20/h8-11H,5-7,12H2,1-4H3,(H,24,27). The highest BCUT2D eigenvalue weighted by Crippen LogP contribution is 2.39. The summed E-state index contributed by atoms with van der Waals surface area (Å²) in [6, 6.07) is 7.39. The molecule has 9 nitrogen and oxygen atoms in total. The molecule has 2 heterocycles. The first-order valence-corrected chi connectivity index (χ1v) is 13.2. The van der Waals surface area contributed by atoms with Crippen LogP contribution in [0, 0.1) is 0 Å². The summed E-state index contributed by atoms with van der Waals surface area (Å²) >= 11 is 1.27. The Morgan fingerprint density at radius 1 is 1.15 bits per heavy atom. The molecule has 3 aromatic rings. The highest BCUT2D eigenvalue weighted by Gasteiger charge is 2.31. The van der Waals surface area contributed by atoms with Crippen LogP contribution in [0.25, 0.3) is 11.5 Å². The van der Waals surface area contributed by atoms with Gasteiger partial charge in [0.15, 0.2) is 0 Å². The number of esters is 1. The molecule has 180 valence electrons. The second-order valence-electron chi connectivity index (χ2n) is 9.06. The lowest BCUT2D eigenvalue weighted by molar-refractivity contribution is -0.113. The van der Waals surface area contributed by atoms with Gasteiger partial charge in [-0.25, -0.2) is 13.2 Å². The minimum Gasteiger partial charge on any atom is -0.465 e. The summed E-state index contributed by atoms with van der Waals surface area (Å²) in [5.74, 6) is -2.22. The van der Waals surface area contributed by atoms with Gasteiger partial charge in [-0.2, -0.15) is 0 Å². The lowest BCUT2D eigenvalue weighted by Crippen LogP contribution is -2.24. The van der Waals surface area contributed by atoms with E-state index in [1.807, 2.05) is 12.1 Å². The molecule has 1 aliphatic rings. The number of fused-ring (bicyclic) bond motifs is 1. The van der Waals surface area contributed by atoms with Gasteiger partial charge in [0.2, 0.25) is 21.6 Å². The molecule has 0 saturated heterocycles. The number of aromatic nitrogens is 2. The zero-order valence-corrected chi connectivity index (χ0v) is 20.9. The molecule has 4 rings (SSSR count). The van der Waals surface area contributed by atoms with Gasteiger partial charge in [-0.3, -0.25) is 4.79 Å². The zero-order valence-electron chi connectivity index (χ0n) is 19.3. The molecule has 1 aliphatic carbocycles. The molecule has 1 amide bonds. The SMILES string of the molecule is COC(=O)c1c(NC(=O)CS(=O)(=O)c2nnc(-c3ccc(C(C)(C)C)cc3)o2)sc2c1CCC2. The number of nitrogens with zero attached hydrogens (tertiary/aromatic N) is 2. The van der Waals surface area contributed by atoms with Crippen molar-refractivity contribution in [2.75, 3.05) is 18.2 Å². The van der Waals surface area contributed by atoms with E-state index in [-0.39, 0.29) is 11.3 Å². The number of hydrogen-bond acceptors (Lipinski definition) is 9. The predicted molar refractivity (Wildman–Crippen MR) is 127 cm³/mol. The van der Waals surface area contributed by atoms with Crippen LogP contribution in [0.2, 0.25) is 0 Å². The topological polar surface area (TPSA) is 128 Å². The monoisotopic (exact) mass is 503 g/mol. The Morgan fingerprint density at radius 2 is 1.85 bits per heavy atom. The van der Waals surface area contributed by atoms with Crippen LogP contribution in [0.15, 0.2) is 33.9 Å². The van der Waals surface area contributed by atoms with Gasteiger partial charge in [-0.1, -0.05) is 38.0 Å². The van der Waals surface area contributed by atoms with Crippen LogP contribution < -0.4 is 5.32 Å². The fourth-order valence-electron chi connectivity index (χ4n) is 3.77. The first-order valence-electron chi connectivity index (χ1n) is 10.7. The van der Waals surface area contributed by atoms with E-state index >= 15 is 0 Å². The van der Waals surface area contributed by atoms with Crippen LogP contribution in [0.5, 0.6) is 0 Å². The van der Waals surface area contributed by atoms with Crippen molar-refractivity contribution in [2.24, 2.45) is 0 Å². The Bertz CT molecular complexity index is 1350. The van der Waals surface area contributed by atoms with E-state index in [1.165, 1.54) is 18.4 Å². The summed E-state index contributed by atoms with van der Waals surface area (Å²) in [6.45, 7) is 6.26. The van der Waals surface area contributed by atoms with Crippen molar-refractivity contribution < 1.29 is 27.2 Å². The maximum atomic E-state index is 12.7. The summed E-state index contributed by atoms with van der Waals surface area (Å²) in [5.41, 5.74) is 2.79. The predicted octanol–water partition coefficient (Wildman–Crippen LogP) is 3.78. The number of anilines is 1. The molecule has 0 aliphatic heterocycles. The van der Waals surface area contributed by atoms with Crippen molar-refractivity contribution in [1.29, 1.82) is 0 Å². The van der Waals surface area contributed by atoms with E-state index in [2.05, 4.69) is 36.3 Å². The number of amides is 1. The van der Waals surface area contributed by atoms with Crippen molar-refractivity contribution in [3.63, 3.8) is 0 Å². The average Bonchev–Trinajstić information content (AvgIpc) is 3.48. The molecular weight excluding hydrogens is 478 g/mol. The third-order valence-electron chi connectivity index (χ3n) is 5.56. The molecule has 0 radical (unpaired) electrons. The van der Waals surface area contributed by atoms with Crippen LogP contribution in [-0.2, 0) is 37.6 Å². The van der Waals surface area contributed by atoms with Crippen molar-refractivity contribution in [3.8, 4) is 11.5 Å². The number of nitrogens with one attached hydrogen (secondary N) is 1. The molecule has 0 unspecified atom stereocenters. The number of carbonyl (C=O) groups excluding carboxylic acids is 2. The normalized spacial score (nSPS) is 13.5. The third kappa shape index (κ3) is 4.76. The van der Waals surface area contributed by atoms with Crippen LogP contribution in [0.3, 0.4) is 0 Å². The van der Waals surface area contributed by atoms with Gasteiger partial charge < -0.3 is 14.5 Å². The maximum Gasteiger partial charge on any atom is 0.341 e.